The van der Waals surface area contributed by atoms with Crippen molar-refractivity contribution in [1.82, 2.24) is 0 Å². The summed E-state index contributed by atoms with van der Waals surface area (Å²) >= 11 is 0. The van der Waals surface area contributed by atoms with Gasteiger partial charge in [-0.2, -0.15) is 21.0 Å². The van der Waals surface area contributed by atoms with Crippen LogP contribution in [-0.4, -0.2) is 20.0 Å². The van der Waals surface area contributed by atoms with Gasteiger partial charge in [0.15, 0.2) is 0 Å². The molecule has 0 saturated heterocycles. The van der Waals surface area contributed by atoms with Gasteiger partial charge in [0.05, 0.1) is 4.90 Å². The summed E-state index contributed by atoms with van der Waals surface area (Å²) in [6.45, 7) is 0. The fourth-order valence-corrected chi connectivity index (χ4v) is 3.86. The van der Waals surface area contributed by atoms with Gasteiger partial charge in [0.1, 0.15) is 4.91 Å². The quantitative estimate of drug-likeness (QED) is 0.396. The standard InChI is InChI=1S/C16H8N4O6S/c17-9-23-15(24-10-18)6-7-16(25-11-19,26-12-20)14(8-15)27(21,22)13-4-2-1-3-5-13/h1-8H. The Bertz CT molecular complexity index is 1020. The molecule has 0 aromatic heterocycles. The summed E-state index contributed by atoms with van der Waals surface area (Å²) in [6, 6.07) is 6.94. The molecule has 0 atom stereocenters. The summed E-state index contributed by atoms with van der Waals surface area (Å²) < 4.78 is 45.0. The average Bonchev–Trinajstić information content (AvgIpc) is 2.65. The zero-order chi connectivity index (χ0) is 20.0. The molecule has 0 heterocycles. The molecular formula is C16H8N4O6S. The van der Waals surface area contributed by atoms with Crippen molar-refractivity contribution in [3.63, 3.8) is 0 Å². The van der Waals surface area contributed by atoms with Crippen LogP contribution in [0.2, 0.25) is 0 Å². The molecule has 0 amide bonds. The van der Waals surface area contributed by atoms with E-state index in [0.29, 0.717) is 6.08 Å². The number of sulfone groups is 1. The maximum Gasteiger partial charge on any atom is 0.332 e. The van der Waals surface area contributed by atoms with Crippen molar-refractivity contribution in [3.05, 3.63) is 53.5 Å². The molecule has 2 rings (SSSR count). The largest absolute Gasteiger partial charge is 0.373 e. The first-order chi connectivity index (χ1) is 12.9. The third-order valence-corrected chi connectivity index (χ3v) is 5.23. The van der Waals surface area contributed by atoms with Crippen LogP contribution in [0.5, 0.6) is 0 Å². The lowest BCUT2D eigenvalue weighted by atomic mass is 10.0. The Kier molecular flexibility index (Phi) is 5.22. The highest BCUT2D eigenvalue weighted by Gasteiger charge is 2.52. The van der Waals surface area contributed by atoms with E-state index in [0.717, 1.165) is 12.2 Å². The molecule has 0 fully saturated rings. The highest BCUT2D eigenvalue weighted by Crippen LogP contribution is 2.40. The highest BCUT2D eigenvalue weighted by atomic mass is 32.2. The molecule has 0 aliphatic heterocycles. The molecule has 0 N–H and O–H groups in total. The van der Waals surface area contributed by atoms with Crippen LogP contribution in [0.3, 0.4) is 0 Å². The number of benzene rings is 1. The third kappa shape index (κ3) is 3.45. The first-order valence-corrected chi connectivity index (χ1v) is 8.40. The van der Waals surface area contributed by atoms with Crippen LogP contribution in [0.1, 0.15) is 0 Å². The Morgan fingerprint density at radius 2 is 1.30 bits per heavy atom. The normalized spacial score (nSPS) is 16.2. The fraction of sp³-hybridized carbons (Fsp3) is 0.125. The first-order valence-electron chi connectivity index (χ1n) is 6.92. The lowest BCUT2D eigenvalue weighted by molar-refractivity contribution is -0.109. The van der Waals surface area contributed by atoms with Crippen molar-refractivity contribution in [2.75, 3.05) is 0 Å². The van der Waals surface area contributed by atoms with Crippen LogP contribution < -0.4 is 0 Å². The van der Waals surface area contributed by atoms with E-state index in [4.69, 9.17) is 30.5 Å². The Labute approximate surface area is 153 Å². The molecule has 0 unspecified atom stereocenters. The minimum atomic E-state index is -4.44. The van der Waals surface area contributed by atoms with Crippen LogP contribution in [0.15, 0.2) is 58.4 Å². The van der Waals surface area contributed by atoms with Crippen molar-refractivity contribution in [2.24, 2.45) is 0 Å². The van der Waals surface area contributed by atoms with Gasteiger partial charge >= 0.3 is 11.6 Å². The van der Waals surface area contributed by atoms with E-state index in [1.54, 1.807) is 6.07 Å². The van der Waals surface area contributed by atoms with Crippen molar-refractivity contribution >= 4 is 9.84 Å². The van der Waals surface area contributed by atoms with E-state index >= 15 is 0 Å². The lowest BCUT2D eigenvalue weighted by Gasteiger charge is -2.33. The van der Waals surface area contributed by atoms with Gasteiger partial charge in [-0.1, -0.05) is 18.2 Å². The molecule has 1 aromatic rings. The van der Waals surface area contributed by atoms with Crippen molar-refractivity contribution < 1.29 is 27.4 Å². The number of ether oxygens (including phenoxy) is 4. The van der Waals surface area contributed by atoms with Gasteiger partial charge in [-0.05, 0) is 12.1 Å². The fourth-order valence-electron chi connectivity index (χ4n) is 2.25. The molecule has 0 radical (unpaired) electrons. The van der Waals surface area contributed by atoms with E-state index in [1.165, 1.54) is 49.3 Å². The van der Waals surface area contributed by atoms with Crippen LogP contribution in [0.25, 0.3) is 0 Å². The van der Waals surface area contributed by atoms with Crippen LogP contribution in [0, 0.1) is 46.1 Å². The van der Waals surface area contributed by atoms with E-state index in [1.807, 2.05) is 0 Å². The third-order valence-electron chi connectivity index (χ3n) is 3.36. The average molecular weight is 384 g/mol. The molecular weight excluding hydrogens is 376 g/mol. The number of hydrogen-bond donors (Lipinski definition) is 0. The number of rotatable bonds is 6. The predicted molar refractivity (Wildman–Crippen MR) is 83.1 cm³/mol. The summed E-state index contributed by atoms with van der Waals surface area (Å²) in [5, 5.41) is 35.5. The predicted octanol–water partition coefficient (Wildman–Crippen LogP) is 1.30. The molecule has 1 aliphatic rings. The molecule has 134 valence electrons. The Balaban J connectivity index is 2.79. The van der Waals surface area contributed by atoms with Crippen LogP contribution >= 0.6 is 0 Å². The summed E-state index contributed by atoms with van der Waals surface area (Å²) in [7, 11) is -4.44. The molecule has 0 saturated carbocycles. The Morgan fingerprint density at radius 1 is 0.778 bits per heavy atom. The molecule has 11 heteroatoms. The Morgan fingerprint density at radius 3 is 1.78 bits per heavy atom. The van der Waals surface area contributed by atoms with E-state index in [9.17, 15) is 8.42 Å². The molecule has 27 heavy (non-hydrogen) atoms. The van der Waals surface area contributed by atoms with Gasteiger partial charge < -0.3 is 18.9 Å². The maximum atomic E-state index is 13.1. The zero-order valence-electron chi connectivity index (χ0n) is 13.3. The molecule has 1 aliphatic carbocycles. The highest BCUT2D eigenvalue weighted by molar-refractivity contribution is 7.95. The number of hydrogen-bond acceptors (Lipinski definition) is 10. The topological polar surface area (TPSA) is 166 Å². The minimum Gasteiger partial charge on any atom is -0.373 e. The van der Waals surface area contributed by atoms with Gasteiger partial charge in [-0.15, -0.1) is 0 Å². The first kappa shape index (κ1) is 19.1. The lowest BCUT2D eigenvalue weighted by Crippen LogP contribution is -2.44. The van der Waals surface area contributed by atoms with Crippen molar-refractivity contribution in [2.45, 2.75) is 16.5 Å². The molecule has 0 spiro atoms. The van der Waals surface area contributed by atoms with Crippen LogP contribution in [-0.2, 0) is 28.8 Å². The minimum absolute atomic E-state index is 0.234. The maximum absolute atomic E-state index is 13.1. The SMILES string of the molecule is N#COC1(OC#N)C=CC(OC#N)(OC#N)C(S(=O)(=O)c2ccccc2)=C1. The summed E-state index contributed by atoms with van der Waals surface area (Å²) in [5.74, 6) is -4.71. The van der Waals surface area contributed by atoms with E-state index in [2.05, 4.69) is 9.47 Å². The second kappa shape index (κ2) is 7.37. The second-order valence-electron chi connectivity index (χ2n) is 4.82. The smallest absolute Gasteiger partial charge is 0.332 e. The van der Waals surface area contributed by atoms with Gasteiger partial charge in [-0.3, -0.25) is 0 Å². The van der Waals surface area contributed by atoms with Gasteiger partial charge in [0, 0.05) is 18.2 Å². The molecule has 0 bridgehead atoms. The monoisotopic (exact) mass is 384 g/mol. The summed E-state index contributed by atoms with van der Waals surface area (Å²) in [5.41, 5.74) is 0. The van der Waals surface area contributed by atoms with Gasteiger partial charge in [0.25, 0.3) is 25.0 Å². The summed E-state index contributed by atoms with van der Waals surface area (Å²) in [6.07, 6.45) is 7.53. The van der Waals surface area contributed by atoms with Gasteiger partial charge in [0.2, 0.25) is 9.84 Å². The number of nitriles is 4. The van der Waals surface area contributed by atoms with E-state index < -0.39 is 26.3 Å². The Hall–Kier alpha value is -4.19. The molecule has 1 aromatic carbocycles. The van der Waals surface area contributed by atoms with Gasteiger partial charge in [-0.25, -0.2) is 8.42 Å². The number of nitrogens with zero attached hydrogens (tertiary/aromatic N) is 4. The van der Waals surface area contributed by atoms with Crippen molar-refractivity contribution in [3.8, 4) is 25.0 Å². The second-order valence-corrected chi connectivity index (χ2v) is 6.74. The van der Waals surface area contributed by atoms with Crippen molar-refractivity contribution in [1.29, 1.82) is 21.0 Å². The molecule has 10 nitrogen and oxygen atoms in total. The van der Waals surface area contributed by atoms with E-state index in [-0.39, 0.29) is 4.90 Å². The van der Waals surface area contributed by atoms with Crippen LogP contribution in [0.4, 0.5) is 0 Å². The summed E-state index contributed by atoms with van der Waals surface area (Å²) in [4.78, 5) is -1.03. The zero-order valence-corrected chi connectivity index (χ0v) is 14.1.